The average molecular weight is 2030 g/mol. The van der Waals surface area contributed by atoms with Gasteiger partial charge in [0.05, 0.1) is 86.0 Å². The van der Waals surface area contributed by atoms with E-state index in [1.54, 1.807) is 14.7 Å². The summed E-state index contributed by atoms with van der Waals surface area (Å²) in [5, 5.41) is 70.8. The molecule has 9 fully saturated rings. The lowest BCUT2D eigenvalue weighted by molar-refractivity contribution is -0.184. The van der Waals surface area contributed by atoms with Crippen molar-refractivity contribution in [1.82, 2.24) is 64.0 Å². The molecule has 4 saturated heterocycles. The number of likely N-dealkylation sites (tertiary alicyclic amines) is 4. The van der Waals surface area contributed by atoms with Crippen molar-refractivity contribution >= 4 is 69.2 Å². The van der Waals surface area contributed by atoms with Gasteiger partial charge in [-0.25, -0.2) is 53.0 Å². The number of alkyl halides is 11. The van der Waals surface area contributed by atoms with E-state index >= 15 is 13.2 Å². The third-order valence-electron chi connectivity index (χ3n) is 30.6. The van der Waals surface area contributed by atoms with Crippen LogP contribution in [0.2, 0.25) is 0 Å². The van der Waals surface area contributed by atoms with Gasteiger partial charge in [-0.05, 0) is 258 Å². The summed E-state index contributed by atoms with van der Waals surface area (Å²) in [5.74, 6) is -7.48. The fourth-order valence-electron chi connectivity index (χ4n) is 21.8. The van der Waals surface area contributed by atoms with E-state index in [0.717, 1.165) is 50.2 Å². The second-order valence-corrected chi connectivity index (χ2v) is 41.1. The number of ketones is 3. The number of piperidine rings is 4. The average Bonchev–Trinajstić information content (AvgIpc) is 1.58. The summed E-state index contributed by atoms with van der Waals surface area (Å²) in [7, 11) is 0. The van der Waals surface area contributed by atoms with Crippen LogP contribution in [0.25, 0.3) is 11.0 Å². The molecule has 142 heavy (non-hydrogen) atoms. The van der Waals surface area contributed by atoms with E-state index in [1.165, 1.54) is 46.1 Å². The van der Waals surface area contributed by atoms with Crippen molar-refractivity contribution in [2.75, 3.05) is 168 Å². The summed E-state index contributed by atoms with van der Waals surface area (Å²) >= 11 is 0. The Morgan fingerprint density at radius 3 is 1.27 bits per heavy atom. The van der Waals surface area contributed by atoms with Crippen LogP contribution in [0.5, 0.6) is 0 Å². The van der Waals surface area contributed by atoms with E-state index in [2.05, 4.69) is 60.3 Å². The number of fused-ring (bicyclic) bond motifs is 1. The second kappa shape index (κ2) is 51.9. The van der Waals surface area contributed by atoms with Crippen molar-refractivity contribution in [2.45, 2.75) is 289 Å². The molecular formula is C98H150F14N20O10. The topological polar surface area (TPSA) is 374 Å². The first-order valence-corrected chi connectivity index (χ1v) is 50.3. The van der Waals surface area contributed by atoms with Gasteiger partial charge in [-0.3, -0.25) is 38.8 Å². The number of aliphatic hydroxyl groups excluding tert-OH is 4. The lowest BCUT2D eigenvalue weighted by Gasteiger charge is -2.42. The highest BCUT2D eigenvalue weighted by molar-refractivity contribution is 5.88. The van der Waals surface area contributed by atoms with Gasteiger partial charge in [-0.2, -0.15) is 48.3 Å². The quantitative estimate of drug-likeness (QED) is 0.0168. The molecule has 5 aromatic rings. The number of nitrogens with one attached hydrogen (secondary N) is 2. The zero-order valence-corrected chi connectivity index (χ0v) is 82.1. The summed E-state index contributed by atoms with van der Waals surface area (Å²) in [4.78, 5) is 93.8. The molecule has 4 aliphatic heterocycles. The Balaban J connectivity index is 0.000000194. The summed E-state index contributed by atoms with van der Waals surface area (Å²) in [5.41, 5.74) is 3.36. The van der Waals surface area contributed by atoms with Crippen LogP contribution in [0.15, 0.2) is 37.6 Å². The predicted octanol–water partition coefficient (Wildman–Crippen LogP) is 13.3. The molecule has 9 heterocycles. The van der Waals surface area contributed by atoms with Gasteiger partial charge in [-0.1, -0.05) is 7.43 Å². The van der Waals surface area contributed by atoms with Crippen LogP contribution in [-0.4, -0.2) is 321 Å². The SMILES string of the molecule is C.CC(F)(F)C1CCC(CN(c2ncnc(CCC3CCN(CC(N)=O)CC3O)c2F)C2CCC2)CC1.CCN(CC1CCC(C(F)(F)F)CC1)c1ncnc(NCC2(O)CCN(CC(C)=O)CC2O)c1F.CCN(CC1CCC(C(F)(F)F)CC1)c1ncnc(NCC2CCN(CC(C)=O)CC2O)c1F.CCN(CC1CCC(C(F)(F)F)CC1)c1ncnc2c1ccn2CC1(O)CCN(CC(C)=O)CC1O. The number of primary amides is 1. The van der Waals surface area contributed by atoms with Crippen LogP contribution < -0.4 is 36.0 Å². The first kappa shape index (κ1) is 116. The number of halogens is 14. The predicted molar refractivity (Wildman–Crippen MR) is 511 cm³/mol. The molecule has 5 saturated carbocycles. The molecular weight excluding hydrogens is 1880 g/mol. The molecule has 5 aliphatic carbocycles. The zero-order chi connectivity index (χ0) is 103. The molecule has 8 unspecified atom stereocenters. The van der Waals surface area contributed by atoms with Crippen molar-refractivity contribution < 1.29 is 111 Å². The van der Waals surface area contributed by atoms with E-state index in [4.69, 9.17) is 5.73 Å². The van der Waals surface area contributed by atoms with Crippen molar-refractivity contribution in [1.29, 1.82) is 0 Å². The van der Waals surface area contributed by atoms with Gasteiger partial charge in [0, 0.05) is 122 Å². The van der Waals surface area contributed by atoms with Crippen LogP contribution in [0.1, 0.15) is 216 Å². The van der Waals surface area contributed by atoms with E-state index in [9.17, 15) is 98.1 Å². The van der Waals surface area contributed by atoms with Crippen molar-refractivity contribution in [2.24, 2.45) is 64.9 Å². The maximum atomic E-state index is 15.7. The molecule has 8 atom stereocenters. The number of carbonyl (C=O) groups excluding carboxylic acids is 4. The zero-order valence-electron chi connectivity index (χ0n) is 82.1. The number of β-amino-alcohol motifs (C(OH)–C–C–N with tert-alkyl or cyclic N) is 4. The molecule has 0 radical (unpaired) electrons. The highest BCUT2D eigenvalue weighted by Gasteiger charge is 2.48. The number of aryl methyl sites for hydroxylation is 1. The highest BCUT2D eigenvalue weighted by atomic mass is 19.4. The van der Waals surface area contributed by atoms with Crippen molar-refractivity contribution in [3.63, 3.8) is 0 Å². The van der Waals surface area contributed by atoms with E-state index < -0.39 is 107 Å². The summed E-state index contributed by atoms with van der Waals surface area (Å²) in [6, 6.07) is 2.11. The molecule has 5 aromatic heterocycles. The Bertz CT molecular complexity index is 4790. The van der Waals surface area contributed by atoms with Gasteiger partial charge in [0.2, 0.25) is 23.5 Å². The number of hydrogen-bond acceptors (Lipinski definition) is 28. The Labute approximate surface area is 823 Å². The van der Waals surface area contributed by atoms with Gasteiger partial charge in [0.15, 0.2) is 34.9 Å². The second-order valence-electron chi connectivity index (χ2n) is 41.1. The number of aromatic nitrogens is 9. The van der Waals surface area contributed by atoms with Crippen LogP contribution in [0.4, 0.5) is 96.4 Å². The van der Waals surface area contributed by atoms with E-state index in [-0.39, 0.29) is 180 Å². The number of carbonyl (C=O) groups is 4. The molecule has 10 N–H and O–H groups in total. The standard InChI is InChI=1S/C26H40F3N5O2.C25H36F3N5O3.C23H35F4N5O3.C23H35F4N5O2.CH4/c1-26(28,29)19-8-5-17(6-9-19)13-34(20-3-2-4-20)25-24(27)21(31-16-32-25)10-7-18-11-12-33(14-22(18)35)15-23(30)36;1-3-32(13-18-4-6-19(7-5-18)25(26,27)28)22-20-8-10-33(23(20)30-16-29-22)15-24(36)9-11-31(12-17(2)34)14-21(24)35;1-3-32(11-16-4-6-17(7-5-16)23(25,26)27)21-19(24)20(29-14-30-21)28-13-22(35)8-9-31(10-15(2)33)12-18(22)34;1-3-32(12-16-4-6-18(7-5-16)23(25,26)27)22-20(24)21(29-14-30-22)28-10-17-8-9-31(11-15(2)33)13-19(17)34;/h16-20,22,35H,2-15H2,1H3,(H2,30,36);8,10,16,18-19,21,35-36H,3-7,9,11-15H2,1-2H3;14,16-18,34-35H,3-13H2,1-2H3,(H,28,29,30);14,16-19,34H,3-13H2,1-2H3,(H,28,29,30);1H4. The Morgan fingerprint density at radius 1 is 0.465 bits per heavy atom. The minimum Gasteiger partial charge on any atom is -0.392 e. The molecule has 14 rings (SSSR count). The number of rotatable bonds is 36. The number of nitrogens with two attached hydrogens (primary N) is 1. The number of amides is 1. The number of Topliss-reactive ketones (excluding diaryl/α,β-unsaturated/α-hetero) is 3. The molecule has 800 valence electrons. The summed E-state index contributed by atoms with van der Waals surface area (Å²) < 4.78 is 192. The summed E-state index contributed by atoms with van der Waals surface area (Å²) in [6.07, 6.45) is 3.33. The van der Waals surface area contributed by atoms with Crippen molar-refractivity contribution in [3.05, 3.63) is 60.7 Å². The number of nitrogens with zero attached hydrogens (tertiary/aromatic N) is 17. The fourth-order valence-corrected chi connectivity index (χ4v) is 21.8. The first-order valence-electron chi connectivity index (χ1n) is 50.3. The molecule has 0 spiro atoms. The normalized spacial score (nSPS) is 27.4. The van der Waals surface area contributed by atoms with Gasteiger partial charge < -0.3 is 71.2 Å². The van der Waals surface area contributed by atoms with Crippen LogP contribution in [0, 0.1) is 76.6 Å². The summed E-state index contributed by atoms with van der Waals surface area (Å²) in [6.45, 7) is 19.4. The number of anilines is 6. The van der Waals surface area contributed by atoms with Gasteiger partial charge in [-0.15, -0.1) is 0 Å². The monoisotopic (exact) mass is 2030 g/mol. The Hall–Kier alpha value is -8.24. The highest BCUT2D eigenvalue weighted by Crippen LogP contribution is 2.46. The fraction of sp³-hybridized carbons (Fsp3) is 0.776. The van der Waals surface area contributed by atoms with Gasteiger partial charge in [0.1, 0.15) is 65.3 Å². The maximum absolute atomic E-state index is 15.7. The third kappa shape index (κ3) is 32.4. The molecule has 44 heteroatoms. The lowest BCUT2D eigenvalue weighted by atomic mass is 9.78. The van der Waals surface area contributed by atoms with E-state index in [1.807, 2.05) is 52.3 Å². The third-order valence-corrected chi connectivity index (χ3v) is 30.6. The van der Waals surface area contributed by atoms with E-state index in [0.29, 0.717) is 199 Å². The Morgan fingerprint density at radius 2 is 0.859 bits per heavy atom. The molecule has 0 bridgehead atoms. The Kier molecular flexibility index (Phi) is 42.3. The smallest absolute Gasteiger partial charge is 0.391 e. The number of hydrogen-bond donors (Lipinski definition) is 9. The minimum atomic E-state index is -4.17. The molecule has 1 amide bonds. The van der Waals surface area contributed by atoms with Gasteiger partial charge in [0.25, 0.3) is 0 Å². The van der Waals surface area contributed by atoms with Crippen LogP contribution >= 0.6 is 0 Å². The molecule has 9 aliphatic rings. The van der Waals surface area contributed by atoms with Crippen molar-refractivity contribution in [3.8, 4) is 0 Å². The molecule has 30 nitrogen and oxygen atoms in total. The minimum absolute atomic E-state index is 0. The maximum Gasteiger partial charge on any atom is 0.391 e. The molecule has 0 aromatic carbocycles. The first-order chi connectivity index (χ1) is 66.6. The number of aliphatic hydroxyl groups is 6. The van der Waals surface area contributed by atoms with Crippen LogP contribution in [0.3, 0.4) is 0 Å². The lowest BCUT2D eigenvalue weighted by Crippen LogP contribution is -2.59. The van der Waals surface area contributed by atoms with Crippen LogP contribution in [-0.2, 0) is 32.1 Å². The largest absolute Gasteiger partial charge is 0.392 e. The van der Waals surface area contributed by atoms with Gasteiger partial charge >= 0.3 is 18.5 Å².